The zero-order valence-electron chi connectivity index (χ0n) is 17.4. The van der Waals surface area contributed by atoms with Crippen molar-refractivity contribution in [1.82, 2.24) is 19.5 Å². The molecule has 1 fully saturated rings. The van der Waals surface area contributed by atoms with Crippen LogP contribution >= 0.6 is 11.3 Å². The molecule has 0 unspecified atom stereocenters. The third-order valence-corrected chi connectivity index (χ3v) is 6.47. The highest BCUT2D eigenvalue weighted by molar-refractivity contribution is 7.19. The van der Waals surface area contributed by atoms with Gasteiger partial charge in [-0.3, -0.25) is 9.59 Å². The van der Waals surface area contributed by atoms with Gasteiger partial charge in [0.25, 0.3) is 11.5 Å². The standard InChI is InChI=1S/C23H20FN5O2S/c1-15-2-4-16(5-3-15)21-26-29-20(30)14-19(25-23(29)32-21)27-10-12-28(13-11-27)22(31)17-6-8-18(24)9-7-17/h2-9,14H,10-13H2,1H3. The summed E-state index contributed by atoms with van der Waals surface area (Å²) in [5.41, 5.74) is 2.33. The number of amides is 1. The number of hydrogen-bond acceptors (Lipinski definition) is 6. The normalized spacial score (nSPS) is 14.2. The Labute approximate surface area is 187 Å². The van der Waals surface area contributed by atoms with Crippen molar-refractivity contribution in [2.75, 3.05) is 31.1 Å². The van der Waals surface area contributed by atoms with Crippen LogP contribution in [-0.4, -0.2) is 51.6 Å². The van der Waals surface area contributed by atoms with Crippen molar-refractivity contribution in [3.63, 3.8) is 0 Å². The predicted octanol–water partition coefficient (Wildman–Crippen LogP) is 3.23. The molecule has 0 bridgehead atoms. The van der Waals surface area contributed by atoms with Crippen molar-refractivity contribution in [3.05, 3.63) is 81.9 Å². The molecule has 1 aliphatic rings. The van der Waals surface area contributed by atoms with Crippen LogP contribution in [0.2, 0.25) is 0 Å². The Kier molecular flexibility index (Phi) is 5.18. The number of anilines is 1. The van der Waals surface area contributed by atoms with Gasteiger partial charge in [0.05, 0.1) is 0 Å². The van der Waals surface area contributed by atoms with Gasteiger partial charge < -0.3 is 9.80 Å². The van der Waals surface area contributed by atoms with Crippen LogP contribution in [0.3, 0.4) is 0 Å². The molecule has 0 saturated carbocycles. The molecule has 5 rings (SSSR count). The molecule has 9 heteroatoms. The number of carbonyl (C=O) groups is 1. The molecule has 1 saturated heterocycles. The molecule has 32 heavy (non-hydrogen) atoms. The average Bonchev–Trinajstić information content (AvgIpc) is 3.25. The smallest absolute Gasteiger partial charge is 0.277 e. The molecule has 1 aliphatic heterocycles. The zero-order valence-corrected chi connectivity index (χ0v) is 18.2. The third kappa shape index (κ3) is 3.87. The maximum absolute atomic E-state index is 13.1. The lowest BCUT2D eigenvalue weighted by Gasteiger charge is -2.35. The van der Waals surface area contributed by atoms with Crippen molar-refractivity contribution >= 4 is 28.0 Å². The number of benzene rings is 2. The summed E-state index contributed by atoms with van der Waals surface area (Å²) in [7, 11) is 0. The van der Waals surface area contributed by atoms with Crippen LogP contribution in [0.1, 0.15) is 15.9 Å². The Morgan fingerprint density at radius 3 is 2.38 bits per heavy atom. The van der Waals surface area contributed by atoms with Gasteiger partial charge in [-0.15, -0.1) is 0 Å². The SMILES string of the molecule is Cc1ccc(-c2nn3c(=O)cc(N4CCN(C(=O)c5ccc(F)cc5)CC4)nc3s2)cc1. The Bertz CT molecular complexity index is 1340. The molecule has 0 atom stereocenters. The van der Waals surface area contributed by atoms with Gasteiger partial charge in [0.2, 0.25) is 4.96 Å². The van der Waals surface area contributed by atoms with Gasteiger partial charge in [-0.25, -0.2) is 9.37 Å². The van der Waals surface area contributed by atoms with E-state index in [9.17, 15) is 14.0 Å². The maximum Gasteiger partial charge on any atom is 0.277 e. The van der Waals surface area contributed by atoms with Gasteiger partial charge in [0.1, 0.15) is 16.6 Å². The minimum Gasteiger partial charge on any atom is -0.353 e. The Morgan fingerprint density at radius 1 is 1.00 bits per heavy atom. The molecule has 0 spiro atoms. The fourth-order valence-corrected chi connectivity index (χ4v) is 4.59. The van der Waals surface area contributed by atoms with Crippen LogP contribution in [0.15, 0.2) is 59.4 Å². The van der Waals surface area contributed by atoms with E-state index in [0.29, 0.717) is 42.5 Å². The first-order chi connectivity index (χ1) is 15.5. The minimum absolute atomic E-state index is 0.127. The summed E-state index contributed by atoms with van der Waals surface area (Å²) in [5, 5.41) is 5.17. The summed E-state index contributed by atoms with van der Waals surface area (Å²) in [6.07, 6.45) is 0. The van der Waals surface area contributed by atoms with E-state index < -0.39 is 0 Å². The van der Waals surface area contributed by atoms with Crippen molar-refractivity contribution < 1.29 is 9.18 Å². The second kappa shape index (κ2) is 8.16. The van der Waals surface area contributed by atoms with Gasteiger partial charge in [0.15, 0.2) is 0 Å². The monoisotopic (exact) mass is 449 g/mol. The zero-order chi connectivity index (χ0) is 22.2. The van der Waals surface area contributed by atoms with Gasteiger partial charge in [0, 0.05) is 43.4 Å². The highest BCUT2D eigenvalue weighted by Crippen LogP contribution is 2.25. The largest absolute Gasteiger partial charge is 0.353 e. The number of hydrogen-bond donors (Lipinski definition) is 0. The van der Waals surface area contributed by atoms with Gasteiger partial charge in [-0.1, -0.05) is 41.2 Å². The van der Waals surface area contributed by atoms with Gasteiger partial charge in [-0.05, 0) is 31.2 Å². The van der Waals surface area contributed by atoms with Crippen molar-refractivity contribution in [2.45, 2.75) is 6.92 Å². The highest BCUT2D eigenvalue weighted by Gasteiger charge is 2.24. The fourth-order valence-electron chi connectivity index (χ4n) is 3.69. The van der Waals surface area contributed by atoms with Crippen LogP contribution in [0.4, 0.5) is 10.2 Å². The molecular weight excluding hydrogens is 429 g/mol. The molecule has 4 aromatic rings. The first-order valence-corrected chi connectivity index (χ1v) is 11.1. The number of carbonyl (C=O) groups excluding carboxylic acids is 1. The number of halogens is 1. The van der Waals surface area contributed by atoms with E-state index in [1.54, 1.807) is 4.90 Å². The van der Waals surface area contributed by atoms with Gasteiger partial charge >= 0.3 is 0 Å². The van der Waals surface area contributed by atoms with E-state index in [2.05, 4.69) is 10.1 Å². The second-order valence-corrected chi connectivity index (χ2v) is 8.66. The minimum atomic E-state index is -0.368. The fraction of sp³-hybridized carbons (Fsp3) is 0.217. The summed E-state index contributed by atoms with van der Waals surface area (Å²) in [6, 6.07) is 15.0. The number of aryl methyl sites for hydroxylation is 1. The van der Waals surface area contributed by atoms with Gasteiger partial charge in [-0.2, -0.15) is 9.61 Å². The highest BCUT2D eigenvalue weighted by atomic mass is 32.1. The van der Waals surface area contributed by atoms with E-state index in [0.717, 1.165) is 16.1 Å². The molecular formula is C23H20FN5O2S. The number of piperazine rings is 1. The predicted molar refractivity (Wildman–Crippen MR) is 122 cm³/mol. The van der Waals surface area contributed by atoms with E-state index >= 15 is 0 Å². The lowest BCUT2D eigenvalue weighted by Crippen LogP contribution is -2.49. The van der Waals surface area contributed by atoms with Crippen LogP contribution in [0, 0.1) is 12.7 Å². The number of nitrogens with zero attached hydrogens (tertiary/aromatic N) is 5. The van der Waals surface area contributed by atoms with Crippen LogP contribution in [0.5, 0.6) is 0 Å². The first-order valence-electron chi connectivity index (χ1n) is 10.3. The Morgan fingerprint density at radius 2 is 1.69 bits per heavy atom. The molecule has 162 valence electrons. The molecule has 0 N–H and O–H groups in total. The van der Waals surface area contributed by atoms with Crippen molar-refractivity contribution in [2.24, 2.45) is 0 Å². The summed E-state index contributed by atoms with van der Waals surface area (Å²) in [6.45, 7) is 4.12. The summed E-state index contributed by atoms with van der Waals surface area (Å²) in [4.78, 5) is 34.3. The van der Waals surface area contributed by atoms with E-state index in [4.69, 9.17) is 0 Å². The number of fused-ring (bicyclic) bond motifs is 1. The Balaban J connectivity index is 1.34. The summed E-state index contributed by atoms with van der Waals surface area (Å²) in [5.74, 6) is 0.0917. The molecule has 0 radical (unpaired) electrons. The lowest BCUT2D eigenvalue weighted by atomic mass is 10.2. The molecule has 2 aromatic carbocycles. The van der Waals surface area contributed by atoms with Crippen LogP contribution < -0.4 is 10.5 Å². The van der Waals surface area contributed by atoms with Crippen LogP contribution in [-0.2, 0) is 0 Å². The van der Waals surface area contributed by atoms with Crippen molar-refractivity contribution in [1.29, 1.82) is 0 Å². The molecule has 1 amide bonds. The first kappa shape index (κ1) is 20.3. The quantitative estimate of drug-likeness (QED) is 0.480. The maximum atomic E-state index is 13.1. The third-order valence-electron chi connectivity index (χ3n) is 5.51. The van der Waals surface area contributed by atoms with E-state index in [1.807, 2.05) is 36.1 Å². The van der Waals surface area contributed by atoms with E-state index in [-0.39, 0.29) is 17.3 Å². The topological polar surface area (TPSA) is 70.8 Å². The summed E-state index contributed by atoms with van der Waals surface area (Å²) >= 11 is 1.37. The number of rotatable bonds is 3. The summed E-state index contributed by atoms with van der Waals surface area (Å²) < 4.78 is 14.5. The lowest BCUT2D eigenvalue weighted by molar-refractivity contribution is 0.0746. The average molecular weight is 450 g/mol. The molecule has 7 nitrogen and oxygen atoms in total. The Hall–Kier alpha value is -3.59. The van der Waals surface area contributed by atoms with Crippen LogP contribution in [0.25, 0.3) is 15.5 Å². The second-order valence-electron chi connectivity index (χ2n) is 7.71. The van der Waals surface area contributed by atoms with E-state index in [1.165, 1.54) is 46.2 Å². The molecule has 2 aromatic heterocycles. The number of aromatic nitrogens is 3. The molecule has 0 aliphatic carbocycles. The van der Waals surface area contributed by atoms with Crippen molar-refractivity contribution in [3.8, 4) is 10.6 Å². The molecule has 3 heterocycles.